The zero-order chi connectivity index (χ0) is 39.4. The van der Waals surface area contributed by atoms with E-state index in [2.05, 4.69) is 81.4 Å². The van der Waals surface area contributed by atoms with Crippen LogP contribution in [0.4, 0.5) is 0 Å². The molecule has 0 bridgehead atoms. The van der Waals surface area contributed by atoms with Crippen LogP contribution in [0.25, 0.3) is 0 Å². The second-order valence-electron chi connectivity index (χ2n) is 12.9. The molecule has 0 aromatic carbocycles. The number of methoxy groups -OCH3 is 6. The molecule has 296 valence electrons. The molecule has 4 rings (SSSR count). The Balaban J connectivity index is 0.000000677. The topological polar surface area (TPSA) is 116 Å². The monoisotopic (exact) mass is 738 g/mol. The summed E-state index contributed by atoms with van der Waals surface area (Å²) in [7, 11) is 9.65. The lowest BCUT2D eigenvalue weighted by Crippen LogP contribution is -1.99. The van der Waals surface area contributed by atoms with Crippen molar-refractivity contribution in [1.29, 1.82) is 0 Å². The van der Waals surface area contributed by atoms with Crippen molar-refractivity contribution in [2.75, 3.05) is 49.3 Å². The van der Waals surface area contributed by atoms with Crippen molar-refractivity contribution in [3.63, 3.8) is 0 Å². The summed E-state index contributed by atoms with van der Waals surface area (Å²) < 4.78 is 35.9. The van der Waals surface area contributed by atoms with Crippen molar-refractivity contribution in [1.82, 2.24) is 19.9 Å². The van der Waals surface area contributed by atoms with Gasteiger partial charge in [0.05, 0.1) is 49.3 Å². The number of aryl methyl sites for hydroxylation is 1. The Labute approximate surface area is 319 Å². The lowest BCUT2D eigenvalue weighted by molar-refractivity contribution is 0.303. The van der Waals surface area contributed by atoms with Gasteiger partial charge in [-0.25, -0.2) is 15.0 Å². The molecule has 0 aliphatic carbocycles. The van der Waals surface area contributed by atoms with Crippen LogP contribution >= 0.6 is 0 Å². The van der Waals surface area contributed by atoms with Crippen molar-refractivity contribution in [3.8, 4) is 40.9 Å². The van der Waals surface area contributed by atoms with Gasteiger partial charge in [-0.05, 0) is 78.0 Å². The van der Waals surface area contributed by atoms with E-state index in [0.29, 0.717) is 65.4 Å². The van der Waals surface area contributed by atoms with Gasteiger partial charge in [0, 0.05) is 36.3 Å². The fraction of sp³-hybridized carbons (Fsp3) is 0.524. The molecule has 4 heterocycles. The van der Waals surface area contributed by atoms with Gasteiger partial charge in [-0.15, -0.1) is 0 Å². The Kier molecular flexibility index (Phi) is 22.9. The third kappa shape index (κ3) is 16.6. The minimum atomic E-state index is 0. The number of ether oxygens (including phenoxy) is 7. The van der Waals surface area contributed by atoms with Crippen LogP contribution < -0.4 is 33.2 Å². The number of pyridine rings is 4. The Hall–Kier alpha value is -4.80. The standard InChI is InChI=1S/C11H17NO2.2C10H15NO2.C10H15NO.CH4/c1-5-14-10-6-9(8(2)3)7-12-11(10)13-4;1-7(2)8-5-9(12-3)10(13-4)11-6-8;1-7(2)8-5-9(12-3)11-10(6-8)13-4;1-7(2)9-5-8(3)11-10(6-9)12-4;/h6-8H,5H2,1-4H3;2*5-7H,1-4H3;5-7H,1-4H3;1H4. The van der Waals surface area contributed by atoms with E-state index < -0.39 is 0 Å². The molecule has 4 aromatic rings. The molecule has 0 N–H and O–H groups in total. The van der Waals surface area contributed by atoms with E-state index in [1.165, 1.54) is 11.1 Å². The first kappa shape index (κ1) is 48.2. The van der Waals surface area contributed by atoms with Gasteiger partial charge >= 0.3 is 0 Å². The first-order chi connectivity index (χ1) is 24.7. The highest BCUT2D eigenvalue weighted by molar-refractivity contribution is 5.38. The fourth-order valence-corrected chi connectivity index (χ4v) is 4.38. The highest BCUT2D eigenvalue weighted by Crippen LogP contribution is 2.29. The van der Waals surface area contributed by atoms with E-state index in [1.54, 1.807) is 42.7 Å². The average Bonchev–Trinajstić information content (AvgIpc) is 3.14. The Morgan fingerprint density at radius 3 is 1.21 bits per heavy atom. The summed E-state index contributed by atoms with van der Waals surface area (Å²) in [5, 5.41) is 0. The Morgan fingerprint density at radius 1 is 0.472 bits per heavy atom. The number of aromatic nitrogens is 4. The quantitative estimate of drug-likeness (QED) is 0.138. The molecule has 0 unspecified atom stereocenters. The van der Waals surface area contributed by atoms with Gasteiger partial charge in [0.2, 0.25) is 17.6 Å². The van der Waals surface area contributed by atoms with Gasteiger partial charge in [-0.1, -0.05) is 62.8 Å². The first-order valence-corrected chi connectivity index (χ1v) is 17.5. The highest BCUT2D eigenvalue weighted by atomic mass is 16.5. The van der Waals surface area contributed by atoms with Crippen molar-refractivity contribution < 1.29 is 33.2 Å². The summed E-state index contributed by atoms with van der Waals surface area (Å²) >= 11 is 0. The fourth-order valence-electron chi connectivity index (χ4n) is 4.38. The predicted molar refractivity (Wildman–Crippen MR) is 215 cm³/mol. The smallest absolute Gasteiger partial charge is 0.256 e. The van der Waals surface area contributed by atoms with Crippen molar-refractivity contribution >= 4 is 0 Å². The summed E-state index contributed by atoms with van der Waals surface area (Å²) in [6.45, 7) is 21.6. The molecule has 53 heavy (non-hydrogen) atoms. The van der Waals surface area contributed by atoms with Crippen LogP contribution in [0.1, 0.15) is 121 Å². The molecule has 11 nitrogen and oxygen atoms in total. The predicted octanol–water partition coefficient (Wildman–Crippen LogP) is 10.2. The highest BCUT2D eigenvalue weighted by Gasteiger charge is 2.10. The normalized spacial score (nSPS) is 10.1. The maximum atomic E-state index is 5.43. The molecular formula is C42H66N4O7. The zero-order valence-corrected chi connectivity index (χ0v) is 34.3. The summed E-state index contributed by atoms with van der Waals surface area (Å²) in [4.78, 5) is 16.7. The van der Waals surface area contributed by atoms with Gasteiger partial charge in [0.25, 0.3) is 11.8 Å². The molecule has 11 heteroatoms. The molecule has 0 aliphatic heterocycles. The van der Waals surface area contributed by atoms with E-state index in [4.69, 9.17) is 33.2 Å². The largest absolute Gasteiger partial charge is 0.491 e. The van der Waals surface area contributed by atoms with E-state index in [1.807, 2.05) is 56.6 Å². The molecule has 0 fully saturated rings. The van der Waals surface area contributed by atoms with Gasteiger partial charge < -0.3 is 33.2 Å². The molecule has 0 atom stereocenters. The summed E-state index contributed by atoms with van der Waals surface area (Å²) in [5.41, 5.74) is 5.77. The first-order valence-electron chi connectivity index (χ1n) is 17.5. The minimum absolute atomic E-state index is 0. The molecule has 0 spiro atoms. The van der Waals surface area contributed by atoms with Crippen molar-refractivity contribution in [2.45, 2.75) is 100 Å². The lowest BCUT2D eigenvalue weighted by atomic mass is 10.0. The molecule has 0 saturated carbocycles. The van der Waals surface area contributed by atoms with Crippen LogP contribution in [0.2, 0.25) is 0 Å². The summed E-state index contributed by atoms with van der Waals surface area (Å²) in [5.74, 6) is 6.29. The van der Waals surface area contributed by atoms with Gasteiger partial charge in [0.1, 0.15) is 0 Å². The Bertz CT molecular complexity index is 1590. The molecule has 0 amide bonds. The number of nitrogens with zero attached hydrogens (tertiary/aromatic N) is 4. The van der Waals surface area contributed by atoms with Crippen molar-refractivity contribution in [2.24, 2.45) is 0 Å². The van der Waals surface area contributed by atoms with Crippen LogP contribution in [-0.4, -0.2) is 69.2 Å². The third-order valence-corrected chi connectivity index (χ3v) is 7.63. The molecule has 4 aromatic heterocycles. The number of hydrogen-bond acceptors (Lipinski definition) is 11. The van der Waals surface area contributed by atoms with E-state index >= 15 is 0 Å². The maximum Gasteiger partial charge on any atom is 0.256 e. The van der Waals surface area contributed by atoms with E-state index in [9.17, 15) is 0 Å². The lowest BCUT2D eigenvalue weighted by Gasteiger charge is -2.11. The van der Waals surface area contributed by atoms with E-state index in [0.717, 1.165) is 22.6 Å². The van der Waals surface area contributed by atoms with Crippen LogP contribution in [0.15, 0.2) is 48.8 Å². The van der Waals surface area contributed by atoms with Crippen LogP contribution in [0.5, 0.6) is 40.9 Å². The number of hydrogen-bond donors (Lipinski definition) is 0. The van der Waals surface area contributed by atoms with Crippen molar-refractivity contribution in [3.05, 3.63) is 76.7 Å². The molecular weight excluding hydrogens is 672 g/mol. The maximum absolute atomic E-state index is 5.43. The summed E-state index contributed by atoms with van der Waals surface area (Å²) in [6.07, 6.45) is 3.64. The van der Waals surface area contributed by atoms with Crippen LogP contribution in [0, 0.1) is 6.92 Å². The summed E-state index contributed by atoms with van der Waals surface area (Å²) in [6, 6.07) is 11.9. The molecule has 0 radical (unpaired) electrons. The average molecular weight is 739 g/mol. The third-order valence-electron chi connectivity index (χ3n) is 7.63. The number of rotatable bonds is 12. The van der Waals surface area contributed by atoms with Crippen LogP contribution in [-0.2, 0) is 0 Å². The van der Waals surface area contributed by atoms with Gasteiger partial charge in [-0.2, -0.15) is 4.98 Å². The zero-order valence-electron chi connectivity index (χ0n) is 34.3. The minimum Gasteiger partial charge on any atom is -0.491 e. The Morgan fingerprint density at radius 2 is 0.849 bits per heavy atom. The second kappa shape index (κ2) is 25.2. The van der Waals surface area contributed by atoms with Crippen LogP contribution in [0.3, 0.4) is 0 Å². The van der Waals surface area contributed by atoms with Gasteiger partial charge in [0.15, 0.2) is 11.5 Å². The second-order valence-corrected chi connectivity index (χ2v) is 12.9. The SMILES string of the molecule is C.CCOc1cc(C(C)C)cnc1OC.COc1cc(C(C)C)cc(C)n1.COc1cc(C(C)C)cc(OC)n1.COc1cc(C(C)C)cnc1OC. The van der Waals surface area contributed by atoms with E-state index in [-0.39, 0.29) is 7.43 Å². The molecule has 0 saturated heterocycles. The molecule has 0 aliphatic rings. The van der Waals surface area contributed by atoms with Gasteiger partial charge in [-0.3, -0.25) is 0 Å².